The van der Waals surface area contributed by atoms with Gasteiger partial charge in [-0.1, -0.05) is 18.2 Å². The van der Waals surface area contributed by atoms with Gasteiger partial charge in [-0.25, -0.2) is 22.3 Å². The average molecular weight is 628 g/mol. The smallest absolute Gasteiger partial charge is 0.355 e. The highest BCUT2D eigenvalue weighted by atomic mass is 32.2. The second-order valence-corrected chi connectivity index (χ2v) is 12.0. The zero-order chi connectivity index (χ0) is 31.0. The number of ether oxygens (including phenoxy) is 2. The maximum Gasteiger partial charge on any atom is 0.355 e. The van der Waals surface area contributed by atoms with Crippen molar-refractivity contribution in [3.63, 3.8) is 0 Å². The Morgan fingerprint density at radius 1 is 1.05 bits per heavy atom. The molecule has 44 heavy (non-hydrogen) atoms. The van der Waals surface area contributed by atoms with Gasteiger partial charge in [0.25, 0.3) is 10.0 Å². The van der Waals surface area contributed by atoms with Gasteiger partial charge in [0.1, 0.15) is 29.0 Å². The normalized spacial score (nSPS) is 15.1. The van der Waals surface area contributed by atoms with E-state index >= 15 is 0 Å². The van der Waals surface area contributed by atoms with Gasteiger partial charge in [0.05, 0.1) is 36.0 Å². The molecule has 0 aliphatic carbocycles. The van der Waals surface area contributed by atoms with Crippen molar-refractivity contribution in [1.82, 2.24) is 24.4 Å². The van der Waals surface area contributed by atoms with Gasteiger partial charge in [0, 0.05) is 30.5 Å². The van der Waals surface area contributed by atoms with Crippen LogP contribution in [0.2, 0.25) is 0 Å². The molecule has 5 aromatic rings. The molecule has 0 unspecified atom stereocenters. The zero-order valence-corrected chi connectivity index (χ0v) is 24.2. The van der Waals surface area contributed by atoms with E-state index < -0.39 is 27.7 Å². The Kier molecular flexibility index (Phi) is 7.90. The van der Waals surface area contributed by atoms with E-state index in [2.05, 4.69) is 15.2 Å². The Morgan fingerprint density at radius 2 is 1.80 bits per heavy atom. The predicted molar refractivity (Wildman–Crippen MR) is 157 cm³/mol. The number of nitrogens with zero attached hydrogens (tertiary/aromatic N) is 5. The quantitative estimate of drug-likeness (QED) is 0.220. The van der Waals surface area contributed by atoms with Gasteiger partial charge in [-0.15, -0.1) is 0 Å². The number of rotatable bonds is 9. The van der Waals surface area contributed by atoms with Crippen molar-refractivity contribution in [2.24, 2.45) is 0 Å². The van der Waals surface area contributed by atoms with Gasteiger partial charge in [-0.05, 0) is 55.2 Å². The topological polar surface area (TPSA) is 139 Å². The lowest BCUT2D eigenvalue weighted by molar-refractivity contribution is 0.0662. The number of benzene rings is 2. The fourth-order valence-electron chi connectivity index (χ4n) is 5.11. The highest BCUT2D eigenvalue weighted by molar-refractivity contribution is 7.93. The van der Waals surface area contributed by atoms with Crippen LogP contribution in [0.5, 0.6) is 5.75 Å². The van der Waals surface area contributed by atoms with E-state index in [1.165, 1.54) is 42.5 Å². The van der Waals surface area contributed by atoms with Crippen LogP contribution in [0.1, 0.15) is 37.5 Å². The maximum atomic E-state index is 13.5. The van der Waals surface area contributed by atoms with Crippen LogP contribution in [0, 0.1) is 5.82 Å². The van der Waals surface area contributed by atoms with Crippen molar-refractivity contribution in [2.75, 3.05) is 23.7 Å². The number of nitrogens with two attached hydrogens (primary N) is 1. The number of alkyl halides is 2. The van der Waals surface area contributed by atoms with Crippen LogP contribution in [0.15, 0.2) is 67.3 Å². The van der Waals surface area contributed by atoms with E-state index in [0.717, 1.165) is 18.4 Å². The van der Waals surface area contributed by atoms with E-state index in [9.17, 15) is 21.6 Å². The molecule has 1 aliphatic rings. The van der Waals surface area contributed by atoms with Crippen LogP contribution in [0.25, 0.3) is 27.9 Å². The van der Waals surface area contributed by atoms with Crippen LogP contribution in [0.4, 0.5) is 24.7 Å². The van der Waals surface area contributed by atoms with Gasteiger partial charge >= 0.3 is 5.76 Å². The summed E-state index contributed by atoms with van der Waals surface area (Å²) in [6.45, 7) is 3.01. The molecule has 0 amide bonds. The second-order valence-electron chi connectivity index (χ2n) is 10.3. The monoisotopic (exact) mass is 627 g/mol. The van der Waals surface area contributed by atoms with E-state index in [0.29, 0.717) is 41.1 Å². The number of halogens is 3. The van der Waals surface area contributed by atoms with Crippen molar-refractivity contribution < 1.29 is 31.1 Å². The van der Waals surface area contributed by atoms with Crippen molar-refractivity contribution in [1.29, 1.82) is 0 Å². The predicted octanol–water partition coefficient (Wildman–Crippen LogP) is 5.44. The molecule has 1 atom stereocenters. The molecule has 3 N–H and O–H groups in total. The molecule has 0 radical (unpaired) electrons. The molecule has 0 saturated carbocycles. The summed E-state index contributed by atoms with van der Waals surface area (Å²) in [6.07, 6.45) is 7.85. The summed E-state index contributed by atoms with van der Waals surface area (Å²) in [5, 5.41) is 9.10. The number of hydrogen-bond donors (Lipinski definition) is 2. The highest BCUT2D eigenvalue weighted by Gasteiger charge is 2.26. The summed E-state index contributed by atoms with van der Waals surface area (Å²) in [6, 6.07) is 10.1. The molecule has 3 aromatic heterocycles. The molecular weight excluding hydrogens is 599 g/mol. The third-order valence-electron chi connectivity index (χ3n) is 7.45. The molecule has 1 aliphatic heterocycles. The fraction of sp³-hybridized carbons (Fsp3) is 0.276. The zero-order valence-electron chi connectivity index (χ0n) is 23.4. The van der Waals surface area contributed by atoms with Crippen LogP contribution in [0.3, 0.4) is 0 Å². The fourth-order valence-corrected chi connectivity index (χ4v) is 5.68. The number of nitrogen functional groups attached to an aromatic ring is 1. The summed E-state index contributed by atoms with van der Waals surface area (Å²) >= 11 is 0. The van der Waals surface area contributed by atoms with Crippen molar-refractivity contribution in [3.8, 4) is 28.1 Å². The van der Waals surface area contributed by atoms with E-state index in [1.807, 2.05) is 15.6 Å². The number of nitrogens with one attached hydrogen (secondary N) is 1. The number of anilines is 2. The van der Waals surface area contributed by atoms with Gasteiger partial charge in [0.15, 0.2) is 0 Å². The lowest BCUT2D eigenvalue weighted by Gasteiger charge is -2.22. The Bertz CT molecular complexity index is 1910. The molecule has 0 spiro atoms. The summed E-state index contributed by atoms with van der Waals surface area (Å²) in [4.78, 5) is 4.39. The molecule has 230 valence electrons. The number of sulfonamides is 1. The van der Waals surface area contributed by atoms with Gasteiger partial charge in [-0.2, -0.15) is 19.0 Å². The maximum absolute atomic E-state index is 13.5. The lowest BCUT2D eigenvalue weighted by Crippen LogP contribution is -2.21. The molecule has 2 aromatic carbocycles. The molecular formula is C29H28F3N7O4S. The number of fused-ring (bicyclic) bond motifs is 1. The molecule has 6 rings (SSSR count). The number of aromatic nitrogens is 5. The molecule has 0 bridgehead atoms. The van der Waals surface area contributed by atoms with Crippen molar-refractivity contribution >= 4 is 27.0 Å². The lowest BCUT2D eigenvalue weighted by atomic mass is 10.1. The summed E-state index contributed by atoms with van der Waals surface area (Å²) in [5.74, 6) is -3.96. The van der Waals surface area contributed by atoms with E-state index in [1.54, 1.807) is 30.0 Å². The SMILES string of the molecule is C[C@H](Oc1cc(-c2cnn3c(-c4cnn(C5CCOCC5)c4)cnc(N)c23)ccc1NS(=O)(=O)C(F)F)c1ccc(F)cc1. The largest absolute Gasteiger partial charge is 0.484 e. The van der Waals surface area contributed by atoms with Crippen molar-refractivity contribution in [2.45, 2.75) is 37.7 Å². The minimum absolute atomic E-state index is 0.0386. The number of hydrogen-bond acceptors (Lipinski definition) is 8. The van der Waals surface area contributed by atoms with Gasteiger partial charge < -0.3 is 15.2 Å². The molecule has 1 fully saturated rings. The molecule has 15 heteroatoms. The Hall–Kier alpha value is -4.63. The average Bonchev–Trinajstić information content (AvgIpc) is 3.68. The summed E-state index contributed by atoms with van der Waals surface area (Å²) < 4.78 is 81.0. The molecule has 11 nitrogen and oxygen atoms in total. The molecule has 1 saturated heterocycles. The van der Waals surface area contributed by atoms with Crippen molar-refractivity contribution in [3.05, 3.63) is 78.6 Å². The van der Waals surface area contributed by atoms with Gasteiger partial charge in [-0.3, -0.25) is 9.40 Å². The summed E-state index contributed by atoms with van der Waals surface area (Å²) in [5.41, 5.74) is 9.62. The minimum atomic E-state index is -5.00. The first-order valence-electron chi connectivity index (χ1n) is 13.7. The third kappa shape index (κ3) is 5.79. The Morgan fingerprint density at radius 3 is 2.52 bits per heavy atom. The van der Waals surface area contributed by atoms with E-state index in [4.69, 9.17) is 15.2 Å². The Balaban J connectivity index is 1.39. The third-order valence-corrected chi connectivity index (χ3v) is 8.42. The van der Waals surface area contributed by atoms with Crippen LogP contribution in [-0.2, 0) is 14.8 Å². The summed E-state index contributed by atoms with van der Waals surface area (Å²) in [7, 11) is -5.00. The van der Waals surface area contributed by atoms with Gasteiger partial charge in [0.2, 0.25) is 0 Å². The first-order valence-corrected chi connectivity index (χ1v) is 15.3. The van der Waals surface area contributed by atoms with Crippen LogP contribution < -0.4 is 15.2 Å². The molecule has 4 heterocycles. The first-order chi connectivity index (χ1) is 21.1. The second kappa shape index (κ2) is 11.8. The van der Waals surface area contributed by atoms with E-state index in [-0.39, 0.29) is 23.3 Å². The minimum Gasteiger partial charge on any atom is -0.484 e. The Labute approximate surface area is 250 Å². The standard InChI is InChI=1S/C29H28F3N7O4S/c1-17(18-2-5-21(30)6-3-18)43-26-12-19(4-7-24(26)37-44(40,41)29(31)32)23-14-36-39-25(15-34-28(33)27(23)39)20-13-35-38(16-20)22-8-10-42-11-9-22/h2-7,12-17,22,29,37H,8-11H2,1H3,(H2,33,34)/t17-/m0/s1. The van der Waals surface area contributed by atoms with Crippen LogP contribution >= 0.6 is 0 Å². The highest BCUT2D eigenvalue weighted by Crippen LogP contribution is 2.38. The van der Waals surface area contributed by atoms with Crippen LogP contribution in [-0.4, -0.2) is 51.8 Å². The first kappa shape index (κ1) is 29.4.